The fraction of sp³-hybridized carbons (Fsp3) is 0.273. The topological polar surface area (TPSA) is 47.4 Å². The first-order valence-electron chi connectivity index (χ1n) is 9.65. The molecule has 0 radical (unpaired) electrons. The number of rotatable bonds is 4. The van der Waals surface area contributed by atoms with E-state index in [0.717, 1.165) is 16.8 Å². The van der Waals surface area contributed by atoms with Crippen LogP contribution >= 0.6 is 0 Å². The summed E-state index contributed by atoms with van der Waals surface area (Å²) in [6.45, 7) is 4.75. The van der Waals surface area contributed by atoms with Crippen molar-refractivity contribution in [1.29, 1.82) is 0 Å². The second-order valence-corrected chi connectivity index (χ2v) is 6.86. The van der Waals surface area contributed by atoms with Gasteiger partial charge in [0, 0.05) is 13.1 Å². The normalized spacial score (nSPS) is 12.3. The van der Waals surface area contributed by atoms with Gasteiger partial charge in [-0.1, -0.05) is 6.07 Å². The highest BCUT2D eigenvalue weighted by Gasteiger charge is 2.29. The lowest BCUT2D eigenvalue weighted by Gasteiger charge is -2.20. The average Bonchev–Trinajstić information content (AvgIpc) is 3.08. The number of nitrogens with zero attached hydrogens (tertiary/aromatic N) is 3. The van der Waals surface area contributed by atoms with Gasteiger partial charge in [0.2, 0.25) is 5.88 Å². The van der Waals surface area contributed by atoms with Crippen molar-refractivity contribution in [3.8, 4) is 22.7 Å². The highest BCUT2D eigenvalue weighted by atomic mass is 19.1. The predicted molar refractivity (Wildman–Crippen MR) is 105 cm³/mol. The van der Waals surface area contributed by atoms with Crippen LogP contribution < -0.4 is 4.74 Å². The van der Waals surface area contributed by atoms with Crippen LogP contribution in [0.5, 0.6) is 5.88 Å². The van der Waals surface area contributed by atoms with Crippen LogP contribution in [0.15, 0.2) is 42.5 Å². The Bertz CT molecular complexity index is 1060. The number of carbonyl (C=O) groups is 1. The van der Waals surface area contributed by atoms with E-state index in [-0.39, 0.29) is 17.5 Å². The summed E-state index contributed by atoms with van der Waals surface area (Å²) >= 11 is 0. The molecule has 0 fully saturated rings. The van der Waals surface area contributed by atoms with Crippen molar-refractivity contribution >= 4 is 6.09 Å². The van der Waals surface area contributed by atoms with Gasteiger partial charge in [0.15, 0.2) is 0 Å². The minimum Gasteiger partial charge on any atom is -0.390 e. The van der Waals surface area contributed by atoms with E-state index in [1.165, 1.54) is 28.9 Å². The quantitative estimate of drug-likeness (QED) is 0.638. The number of hydrogen-bond acceptors (Lipinski definition) is 3. The van der Waals surface area contributed by atoms with Crippen molar-refractivity contribution in [3.63, 3.8) is 0 Å². The lowest BCUT2D eigenvalue weighted by Crippen LogP contribution is -2.33. The number of halogens is 2. The van der Waals surface area contributed by atoms with Crippen molar-refractivity contribution in [2.45, 2.75) is 26.7 Å². The Kier molecular flexibility index (Phi) is 5.05. The molecule has 0 atom stereocenters. The first kappa shape index (κ1) is 19.1. The lowest BCUT2D eigenvalue weighted by molar-refractivity contribution is 0.154. The fourth-order valence-corrected chi connectivity index (χ4v) is 3.64. The maximum atomic E-state index is 13.7. The Balaban J connectivity index is 1.88. The van der Waals surface area contributed by atoms with Gasteiger partial charge in [0.05, 0.1) is 16.9 Å². The Labute approximate surface area is 167 Å². The van der Waals surface area contributed by atoms with Crippen molar-refractivity contribution < 1.29 is 18.3 Å². The largest absolute Gasteiger partial charge is 0.416 e. The smallest absolute Gasteiger partial charge is 0.390 e. The number of fused-ring (bicyclic) bond motifs is 3. The molecule has 3 aromatic rings. The van der Waals surface area contributed by atoms with E-state index in [9.17, 15) is 13.6 Å². The molecule has 1 aliphatic rings. The standard InChI is InChI=1S/C22H21F2N3O2/c1-3-26(4-2)22(28)29-21-20-18-11-8-16(24)13-14(18)5-12-19(20)25-27(21)17-9-6-15(23)7-10-17/h6-11,13H,3-5,12H2,1-2H3. The van der Waals surface area contributed by atoms with Crippen molar-refractivity contribution in [2.75, 3.05) is 13.1 Å². The van der Waals surface area contributed by atoms with Gasteiger partial charge < -0.3 is 9.64 Å². The molecular weight excluding hydrogens is 376 g/mol. The second-order valence-electron chi connectivity index (χ2n) is 6.86. The zero-order chi connectivity index (χ0) is 20.5. The molecule has 4 rings (SSSR count). The molecule has 150 valence electrons. The highest BCUT2D eigenvalue weighted by Crippen LogP contribution is 2.41. The Morgan fingerprint density at radius 2 is 1.76 bits per heavy atom. The molecule has 1 amide bonds. The summed E-state index contributed by atoms with van der Waals surface area (Å²) in [5.41, 5.74) is 3.65. The molecule has 1 aliphatic carbocycles. The molecule has 0 saturated carbocycles. The number of hydrogen-bond donors (Lipinski definition) is 0. The third kappa shape index (κ3) is 3.48. The van der Waals surface area contributed by atoms with Crippen LogP contribution in [-0.2, 0) is 12.8 Å². The highest BCUT2D eigenvalue weighted by molar-refractivity contribution is 5.81. The second kappa shape index (κ2) is 7.66. The minimum atomic E-state index is -0.490. The van der Waals surface area contributed by atoms with Gasteiger partial charge in [0.25, 0.3) is 0 Å². The molecule has 5 nitrogen and oxygen atoms in total. The van der Waals surface area contributed by atoms with Gasteiger partial charge in [-0.25, -0.2) is 13.6 Å². The molecule has 0 N–H and O–H groups in total. The maximum Gasteiger partial charge on any atom is 0.416 e. The Hall–Kier alpha value is -3.22. The minimum absolute atomic E-state index is 0.260. The van der Waals surface area contributed by atoms with Crippen LogP contribution in [0.4, 0.5) is 13.6 Å². The first-order valence-corrected chi connectivity index (χ1v) is 9.65. The summed E-state index contributed by atoms with van der Waals surface area (Å²) in [4.78, 5) is 14.3. The van der Waals surface area contributed by atoms with Gasteiger partial charge in [-0.3, -0.25) is 0 Å². The number of carbonyl (C=O) groups excluding carboxylic acids is 1. The number of ether oxygens (including phenoxy) is 1. The molecule has 1 heterocycles. The summed E-state index contributed by atoms with van der Waals surface area (Å²) in [5, 5.41) is 4.64. The number of aromatic nitrogens is 2. The van der Waals surface area contributed by atoms with Crippen LogP contribution in [0.25, 0.3) is 16.8 Å². The van der Waals surface area contributed by atoms with Crippen LogP contribution in [0.3, 0.4) is 0 Å². The van der Waals surface area contributed by atoms with Crippen molar-refractivity contribution in [1.82, 2.24) is 14.7 Å². The Morgan fingerprint density at radius 3 is 2.45 bits per heavy atom. The summed E-state index contributed by atoms with van der Waals surface area (Å²) in [6.07, 6.45) is 0.745. The van der Waals surface area contributed by atoms with Crippen LogP contribution in [0.1, 0.15) is 25.1 Å². The van der Waals surface area contributed by atoms with Gasteiger partial charge in [-0.2, -0.15) is 9.78 Å². The Morgan fingerprint density at radius 1 is 1.07 bits per heavy atom. The van der Waals surface area contributed by atoms with E-state index in [0.29, 0.717) is 37.2 Å². The summed E-state index contributed by atoms with van der Waals surface area (Å²) < 4.78 is 34.5. The van der Waals surface area contributed by atoms with E-state index in [4.69, 9.17) is 4.74 Å². The summed E-state index contributed by atoms with van der Waals surface area (Å²) in [7, 11) is 0. The van der Waals surface area contributed by atoms with Crippen LogP contribution in [0, 0.1) is 11.6 Å². The average molecular weight is 397 g/mol. The zero-order valence-corrected chi connectivity index (χ0v) is 16.3. The van der Waals surface area contributed by atoms with Crippen LogP contribution in [0.2, 0.25) is 0 Å². The number of benzene rings is 2. The monoisotopic (exact) mass is 397 g/mol. The maximum absolute atomic E-state index is 13.7. The van der Waals surface area contributed by atoms with Gasteiger partial charge >= 0.3 is 6.09 Å². The van der Waals surface area contributed by atoms with Crippen molar-refractivity contribution in [2.24, 2.45) is 0 Å². The molecule has 0 aliphatic heterocycles. The first-order chi connectivity index (χ1) is 14.0. The molecular formula is C22H21F2N3O2. The molecule has 1 aromatic heterocycles. The van der Waals surface area contributed by atoms with E-state index < -0.39 is 6.09 Å². The SMILES string of the molecule is CCN(CC)C(=O)Oc1c2c(nn1-c1ccc(F)cc1)CCc1cc(F)ccc1-2. The zero-order valence-electron chi connectivity index (χ0n) is 16.3. The molecule has 0 bridgehead atoms. The molecule has 0 spiro atoms. The van der Waals surface area contributed by atoms with Gasteiger partial charge in [-0.05, 0) is 74.2 Å². The van der Waals surface area contributed by atoms with Gasteiger partial charge in [-0.15, -0.1) is 0 Å². The molecule has 29 heavy (non-hydrogen) atoms. The summed E-state index contributed by atoms with van der Waals surface area (Å²) in [6, 6.07) is 10.4. The molecule has 2 aromatic carbocycles. The number of amides is 1. The predicted octanol–water partition coefficient (Wildman–Crippen LogP) is 4.76. The van der Waals surface area contributed by atoms with Crippen molar-refractivity contribution in [3.05, 3.63) is 65.4 Å². The van der Waals surface area contributed by atoms with Crippen LogP contribution in [-0.4, -0.2) is 33.9 Å². The molecule has 0 saturated heterocycles. The third-order valence-corrected chi connectivity index (χ3v) is 5.16. The fourth-order valence-electron chi connectivity index (χ4n) is 3.64. The van der Waals surface area contributed by atoms with E-state index in [1.807, 2.05) is 13.8 Å². The van der Waals surface area contributed by atoms with E-state index >= 15 is 0 Å². The molecule has 7 heteroatoms. The van der Waals surface area contributed by atoms with Gasteiger partial charge in [0.1, 0.15) is 11.6 Å². The third-order valence-electron chi connectivity index (χ3n) is 5.16. The number of aryl methyl sites for hydroxylation is 2. The van der Waals surface area contributed by atoms with E-state index in [1.54, 1.807) is 23.1 Å². The van der Waals surface area contributed by atoms with E-state index in [2.05, 4.69) is 5.10 Å². The summed E-state index contributed by atoms with van der Waals surface area (Å²) in [5.74, 6) is -0.413. The lowest BCUT2D eigenvalue weighted by atomic mass is 9.89. The molecule has 0 unspecified atom stereocenters.